The summed E-state index contributed by atoms with van der Waals surface area (Å²) in [4.78, 5) is 14.7. The third-order valence-corrected chi connectivity index (χ3v) is 5.23. The Balaban J connectivity index is 1.67. The second-order valence-electron chi connectivity index (χ2n) is 6.68. The Labute approximate surface area is 126 Å². The van der Waals surface area contributed by atoms with Crippen LogP contribution in [0.25, 0.3) is 0 Å². The number of aromatic nitrogens is 2. The highest BCUT2D eigenvalue weighted by molar-refractivity contribution is 5.40. The normalized spacial score (nSPS) is 23.8. The van der Waals surface area contributed by atoms with E-state index >= 15 is 0 Å². The zero-order valence-electron chi connectivity index (χ0n) is 12.9. The van der Waals surface area contributed by atoms with Crippen LogP contribution in [0.1, 0.15) is 42.1 Å². The summed E-state index contributed by atoms with van der Waals surface area (Å²) < 4.78 is 0. The topological polar surface area (TPSA) is 44.3 Å². The maximum absolute atomic E-state index is 5.01. The second kappa shape index (κ2) is 5.54. The molecule has 5 nitrogen and oxygen atoms in total. The van der Waals surface area contributed by atoms with Gasteiger partial charge in [0.2, 0.25) is 5.95 Å². The minimum atomic E-state index is 0.688. The van der Waals surface area contributed by atoms with Crippen molar-refractivity contribution in [2.45, 2.75) is 38.1 Å². The van der Waals surface area contributed by atoms with E-state index in [9.17, 15) is 0 Å². The first-order valence-corrected chi connectivity index (χ1v) is 8.35. The maximum atomic E-state index is 5.01. The number of hydrogen-bond acceptors (Lipinski definition) is 5. The van der Waals surface area contributed by atoms with E-state index in [2.05, 4.69) is 22.2 Å². The molecular weight excluding hydrogens is 262 g/mol. The van der Waals surface area contributed by atoms with Crippen LogP contribution in [-0.2, 0) is 13.0 Å². The molecule has 0 aromatic carbocycles. The Hall–Kier alpha value is -1.20. The highest BCUT2D eigenvalue weighted by atomic mass is 15.3. The van der Waals surface area contributed by atoms with Crippen LogP contribution in [0.2, 0.25) is 0 Å². The molecule has 1 saturated heterocycles. The molecule has 2 fully saturated rings. The molecule has 1 aromatic rings. The van der Waals surface area contributed by atoms with Crippen LogP contribution in [0.15, 0.2) is 0 Å². The van der Waals surface area contributed by atoms with Gasteiger partial charge in [-0.3, -0.25) is 0 Å². The van der Waals surface area contributed by atoms with Gasteiger partial charge in [-0.15, -0.1) is 0 Å². The fourth-order valence-corrected chi connectivity index (χ4v) is 3.52. The van der Waals surface area contributed by atoms with Gasteiger partial charge in [0, 0.05) is 57.2 Å². The molecule has 0 bridgehead atoms. The summed E-state index contributed by atoms with van der Waals surface area (Å²) in [6, 6.07) is 0. The molecule has 0 unspecified atom stereocenters. The van der Waals surface area contributed by atoms with Gasteiger partial charge < -0.3 is 15.1 Å². The standard InChI is InChI=1S/C16H25N5/c1-20-7-9-21(10-8-20)16-18-14-5-6-17-11-13(14)15(19-16)12-3-2-4-12/h12,17H,2-11H2,1H3. The van der Waals surface area contributed by atoms with Gasteiger partial charge in [-0.2, -0.15) is 0 Å². The Morgan fingerprint density at radius 1 is 1.10 bits per heavy atom. The van der Waals surface area contributed by atoms with E-state index in [-0.39, 0.29) is 0 Å². The van der Waals surface area contributed by atoms with Gasteiger partial charge in [0.05, 0.1) is 11.4 Å². The zero-order valence-corrected chi connectivity index (χ0v) is 12.9. The summed E-state index contributed by atoms with van der Waals surface area (Å²) >= 11 is 0. The molecule has 2 aliphatic heterocycles. The average Bonchev–Trinajstić information content (AvgIpc) is 2.46. The number of hydrogen-bond donors (Lipinski definition) is 1. The Morgan fingerprint density at radius 3 is 2.62 bits per heavy atom. The van der Waals surface area contributed by atoms with E-state index in [1.54, 1.807) is 0 Å². The van der Waals surface area contributed by atoms with Gasteiger partial charge >= 0.3 is 0 Å². The van der Waals surface area contributed by atoms with Crippen LogP contribution < -0.4 is 10.2 Å². The van der Waals surface area contributed by atoms with Gasteiger partial charge in [0.1, 0.15) is 0 Å². The summed E-state index contributed by atoms with van der Waals surface area (Å²) in [6.45, 7) is 6.34. The van der Waals surface area contributed by atoms with Crippen molar-refractivity contribution in [3.05, 3.63) is 17.0 Å². The van der Waals surface area contributed by atoms with Crippen LogP contribution in [0.5, 0.6) is 0 Å². The van der Waals surface area contributed by atoms with Crippen molar-refractivity contribution in [3.8, 4) is 0 Å². The Morgan fingerprint density at radius 2 is 1.90 bits per heavy atom. The van der Waals surface area contributed by atoms with E-state index in [1.165, 1.54) is 36.2 Å². The smallest absolute Gasteiger partial charge is 0.225 e. The van der Waals surface area contributed by atoms with Crippen molar-refractivity contribution in [3.63, 3.8) is 0 Å². The summed E-state index contributed by atoms with van der Waals surface area (Å²) in [7, 11) is 2.19. The third-order valence-electron chi connectivity index (χ3n) is 5.23. The zero-order chi connectivity index (χ0) is 14.2. The minimum Gasteiger partial charge on any atom is -0.338 e. The Kier molecular flexibility index (Phi) is 3.55. The number of nitrogens with zero attached hydrogens (tertiary/aromatic N) is 4. The third kappa shape index (κ3) is 2.53. The molecule has 3 heterocycles. The minimum absolute atomic E-state index is 0.688. The van der Waals surface area contributed by atoms with Gasteiger partial charge in [0.25, 0.3) is 0 Å². The van der Waals surface area contributed by atoms with Crippen molar-refractivity contribution >= 4 is 5.95 Å². The molecule has 21 heavy (non-hydrogen) atoms. The van der Waals surface area contributed by atoms with Crippen LogP contribution in [0.4, 0.5) is 5.95 Å². The molecule has 5 heteroatoms. The molecule has 114 valence electrons. The van der Waals surface area contributed by atoms with Crippen LogP contribution in [-0.4, -0.2) is 54.6 Å². The van der Waals surface area contributed by atoms with E-state index in [0.717, 1.165) is 51.6 Å². The quantitative estimate of drug-likeness (QED) is 0.884. The molecule has 1 saturated carbocycles. The molecule has 1 aliphatic carbocycles. The molecule has 4 rings (SSSR count). The van der Waals surface area contributed by atoms with Crippen molar-refractivity contribution in [1.29, 1.82) is 0 Å². The van der Waals surface area contributed by atoms with E-state index in [4.69, 9.17) is 9.97 Å². The van der Waals surface area contributed by atoms with E-state index in [0.29, 0.717) is 5.92 Å². The molecule has 1 N–H and O–H groups in total. The molecule has 0 radical (unpaired) electrons. The van der Waals surface area contributed by atoms with E-state index < -0.39 is 0 Å². The van der Waals surface area contributed by atoms with Crippen molar-refractivity contribution in [2.24, 2.45) is 0 Å². The first-order chi connectivity index (χ1) is 10.3. The fourth-order valence-electron chi connectivity index (χ4n) is 3.52. The molecule has 0 spiro atoms. The molecule has 0 atom stereocenters. The largest absolute Gasteiger partial charge is 0.338 e. The van der Waals surface area contributed by atoms with Crippen molar-refractivity contribution in [1.82, 2.24) is 20.2 Å². The SMILES string of the molecule is CN1CCN(c2nc3c(c(C4CCC4)n2)CNCC3)CC1. The molecule has 0 amide bonds. The number of rotatable bonds is 2. The number of nitrogens with one attached hydrogen (secondary N) is 1. The highest BCUT2D eigenvalue weighted by Gasteiger charge is 2.29. The number of anilines is 1. The molecule has 1 aromatic heterocycles. The maximum Gasteiger partial charge on any atom is 0.225 e. The van der Waals surface area contributed by atoms with Crippen molar-refractivity contribution in [2.75, 3.05) is 44.7 Å². The fraction of sp³-hybridized carbons (Fsp3) is 0.750. The number of likely N-dealkylation sites (N-methyl/N-ethyl adjacent to an activating group) is 1. The molecular formula is C16H25N5. The monoisotopic (exact) mass is 287 g/mol. The summed E-state index contributed by atoms with van der Waals surface area (Å²) in [5, 5.41) is 3.49. The molecule has 3 aliphatic rings. The summed E-state index contributed by atoms with van der Waals surface area (Å²) in [5.74, 6) is 1.68. The number of piperazine rings is 1. The average molecular weight is 287 g/mol. The summed E-state index contributed by atoms with van der Waals surface area (Å²) in [6.07, 6.45) is 5.04. The van der Waals surface area contributed by atoms with Crippen LogP contribution in [0, 0.1) is 0 Å². The first kappa shape index (κ1) is 13.5. The lowest BCUT2D eigenvalue weighted by Crippen LogP contribution is -2.45. The van der Waals surface area contributed by atoms with Gasteiger partial charge in [-0.25, -0.2) is 9.97 Å². The van der Waals surface area contributed by atoms with E-state index in [1.807, 2.05) is 0 Å². The predicted octanol–water partition coefficient (Wildman–Crippen LogP) is 1.14. The van der Waals surface area contributed by atoms with Crippen LogP contribution >= 0.6 is 0 Å². The van der Waals surface area contributed by atoms with Crippen molar-refractivity contribution < 1.29 is 0 Å². The first-order valence-electron chi connectivity index (χ1n) is 8.35. The van der Waals surface area contributed by atoms with Crippen LogP contribution in [0.3, 0.4) is 0 Å². The predicted molar refractivity (Wildman–Crippen MR) is 83.7 cm³/mol. The Bertz CT molecular complexity index is 518. The van der Waals surface area contributed by atoms with Gasteiger partial charge in [0.15, 0.2) is 0 Å². The lowest BCUT2D eigenvalue weighted by atomic mass is 9.80. The van der Waals surface area contributed by atoms with Gasteiger partial charge in [-0.1, -0.05) is 6.42 Å². The highest BCUT2D eigenvalue weighted by Crippen LogP contribution is 2.38. The van der Waals surface area contributed by atoms with Gasteiger partial charge in [-0.05, 0) is 19.9 Å². The second-order valence-corrected chi connectivity index (χ2v) is 6.68. The lowest BCUT2D eigenvalue weighted by Gasteiger charge is -2.35. The summed E-state index contributed by atoms with van der Waals surface area (Å²) in [5.41, 5.74) is 4.07. The lowest BCUT2D eigenvalue weighted by molar-refractivity contribution is 0.310. The number of fused-ring (bicyclic) bond motifs is 1.